The SMILES string of the molecule is ClN1Cc2ccc(Br)cc2C1. The molecule has 1 aliphatic heterocycles. The van der Waals surface area contributed by atoms with Crippen molar-refractivity contribution in [3.8, 4) is 0 Å². The molecular formula is C8H7BrClN. The maximum absolute atomic E-state index is 5.85. The molecule has 0 unspecified atom stereocenters. The first-order valence-electron chi connectivity index (χ1n) is 3.44. The summed E-state index contributed by atoms with van der Waals surface area (Å²) in [7, 11) is 0. The van der Waals surface area contributed by atoms with Crippen molar-refractivity contribution >= 4 is 27.7 Å². The zero-order chi connectivity index (χ0) is 7.84. The largest absolute Gasteiger partial charge is 0.211 e. The van der Waals surface area contributed by atoms with Crippen LogP contribution in [0, 0.1) is 0 Å². The minimum atomic E-state index is 0.857. The summed E-state index contributed by atoms with van der Waals surface area (Å²) in [6, 6.07) is 6.29. The molecule has 0 radical (unpaired) electrons. The van der Waals surface area contributed by atoms with Crippen molar-refractivity contribution in [3.05, 3.63) is 33.8 Å². The fraction of sp³-hybridized carbons (Fsp3) is 0.250. The molecule has 3 heteroatoms. The second-order valence-electron chi connectivity index (χ2n) is 2.69. The van der Waals surface area contributed by atoms with Gasteiger partial charge in [-0.25, -0.2) is 4.42 Å². The summed E-state index contributed by atoms with van der Waals surface area (Å²) in [6.45, 7) is 1.72. The quantitative estimate of drug-likeness (QED) is 0.622. The van der Waals surface area contributed by atoms with E-state index < -0.39 is 0 Å². The smallest absolute Gasteiger partial charge is 0.0397 e. The molecule has 1 aromatic carbocycles. The van der Waals surface area contributed by atoms with Gasteiger partial charge in [-0.1, -0.05) is 22.0 Å². The van der Waals surface area contributed by atoms with Crippen molar-refractivity contribution in [2.45, 2.75) is 13.1 Å². The van der Waals surface area contributed by atoms with Crippen LogP contribution in [0.25, 0.3) is 0 Å². The number of fused-ring (bicyclic) bond motifs is 1. The monoisotopic (exact) mass is 231 g/mol. The van der Waals surface area contributed by atoms with E-state index in [9.17, 15) is 0 Å². The van der Waals surface area contributed by atoms with Gasteiger partial charge in [0, 0.05) is 17.6 Å². The van der Waals surface area contributed by atoms with Crippen LogP contribution in [0.2, 0.25) is 0 Å². The third-order valence-electron chi connectivity index (χ3n) is 1.85. The van der Waals surface area contributed by atoms with E-state index in [1.54, 1.807) is 4.42 Å². The normalized spacial score (nSPS) is 16.9. The fourth-order valence-electron chi connectivity index (χ4n) is 1.32. The predicted molar refractivity (Wildman–Crippen MR) is 49.2 cm³/mol. The Bertz CT molecular complexity index is 287. The minimum absolute atomic E-state index is 0.857. The lowest BCUT2D eigenvalue weighted by Crippen LogP contribution is -1.98. The molecule has 2 rings (SSSR count). The van der Waals surface area contributed by atoms with E-state index in [0.717, 1.165) is 17.6 Å². The van der Waals surface area contributed by atoms with Crippen LogP contribution in [-0.2, 0) is 13.1 Å². The van der Waals surface area contributed by atoms with Crippen LogP contribution in [-0.4, -0.2) is 4.42 Å². The van der Waals surface area contributed by atoms with Crippen LogP contribution in [0.5, 0.6) is 0 Å². The summed E-state index contributed by atoms with van der Waals surface area (Å²) < 4.78 is 2.92. The highest BCUT2D eigenvalue weighted by atomic mass is 79.9. The van der Waals surface area contributed by atoms with Gasteiger partial charge in [0.15, 0.2) is 0 Å². The lowest BCUT2D eigenvalue weighted by atomic mass is 10.1. The molecule has 1 aliphatic rings. The summed E-state index contributed by atoms with van der Waals surface area (Å²) in [5.74, 6) is 0. The van der Waals surface area contributed by atoms with Crippen molar-refractivity contribution in [1.82, 2.24) is 4.42 Å². The van der Waals surface area contributed by atoms with Gasteiger partial charge >= 0.3 is 0 Å². The summed E-state index contributed by atoms with van der Waals surface area (Å²) in [5.41, 5.74) is 2.66. The second kappa shape index (κ2) is 2.77. The van der Waals surface area contributed by atoms with Crippen LogP contribution in [0.15, 0.2) is 22.7 Å². The molecule has 0 amide bonds. The van der Waals surface area contributed by atoms with E-state index in [4.69, 9.17) is 11.8 Å². The van der Waals surface area contributed by atoms with Crippen molar-refractivity contribution in [2.24, 2.45) is 0 Å². The van der Waals surface area contributed by atoms with Gasteiger partial charge in [-0.2, -0.15) is 0 Å². The Balaban J connectivity index is 2.43. The number of benzene rings is 1. The van der Waals surface area contributed by atoms with E-state index in [-0.39, 0.29) is 0 Å². The second-order valence-corrected chi connectivity index (χ2v) is 4.09. The zero-order valence-electron chi connectivity index (χ0n) is 5.85. The lowest BCUT2D eigenvalue weighted by molar-refractivity contribution is 0.490. The van der Waals surface area contributed by atoms with Crippen molar-refractivity contribution in [3.63, 3.8) is 0 Å². The molecule has 1 heterocycles. The minimum Gasteiger partial charge on any atom is -0.211 e. The van der Waals surface area contributed by atoms with Gasteiger partial charge in [0.1, 0.15) is 0 Å². The molecule has 0 aromatic heterocycles. The van der Waals surface area contributed by atoms with E-state index in [2.05, 4.69) is 34.1 Å². The molecule has 0 fully saturated rings. The maximum atomic E-state index is 5.85. The lowest BCUT2D eigenvalue weighted by Gasteiger charge is -1.98. The molecule has 0 aliphatic carbocycles. The number of nitrogens with zero attached hydrogens (tertiary/aromatic N) is 1. The van der Waals surface area contributed by atoms with Gasteiger partial charge in [-0.3, -0.25) is 0 Å². The van der Waals surface area contributed by atoms with Crippen LogP contribution >= 0.6 is 27.7 Å². The number of hydrogen-bond donors (Lipinski definition) is 0. The average Bonchev–Trinajstić information content (AvgIpc) is 2.27. The molecular weight excluding hydrogens is 225 g/mol. The predicted octanol–water partition coefficient (Wildman–Crippen LogP) is 2.92. The summed E-state index contributed by atoms with van der Waals surface area (Å²) in [5, 5.41) is 0. The van der Waals surface area contributed by atoms with Crippen LogP contribution in [0.1, 0.15) is 11.1 Å². The van der Waals surface area contributed by atoms with Crippen LogP contribution in [0.3, 0.4) is 0 Å². The van der Waals surface area contributed by atoms with E-state index in [1.165, 1.54) is 11.1 Å². The molecule has 58 valence electrons. The molecule has 0 N–H and O–H groups in total. The molecule has 0 atom stereocenters. The third-order valence-corrected chi connectivity index (χ3v) is 2.58. The zero-order valence-corrected chi connectivity index (χ0v) is 8.19. The van der Waals surface area contributed by atoms with Crippen molar-refractivity contribution < 1.29 is 0 Å². The highest BCUT2D eigenvalue weighted by Crippen LogP contribution is 2.26. The third kappa shape index (κ3) is 1.43. The summed E-state index contributed by atoms with van der Waals surface area (Å²) in [6.07, 6.45) is 0. The summed E-state index contributed by atoms with van der Waals surface area (Å²) in [4.78, 5) is 0. The first kappa shape index (κ1) is 7.59. The highest BCUT2D eigenvalue weighted by molar-refractivity contribution is 9.10. The highest BCUT2D eigenvalue weighted by Gasteiger charge is 2.16. The summed E-state index contributed by atoms with van der Waals surface area (Å²) >= 11 is 9.27. The Hall–Kier alpha value is -0.0500. The van der Waals surface area contributed by atoms with Gasteiger partial charge in [-0.15, -0.1) is 0 Å². The van der Waals surface area contributed by atoms with Crippen molar-refractivity contribution in [1.29, 1.82) is 0 Å². The van der Waals surface area contributed by atoms with Gasteiger partial charge in [-0.05, 0) is 35.0 Å². The van der Waals surface area contributed by atoms with E-state index in [1.807, 2.05) is 0 Å². The maximum Gasteiger partial charge on any atom is 0.0397 e. The van der Waals surface area contributed by atoms with Crippen molar-refractivity contribution in [2.75, 3.05) is 0 Å². The average molecular weight is 233 g/mol. The van der Waals surface area contributed by atoms with Crippen LogP contribution < -0.4 is 0 Å². The first-order valence-corrected chi connectivity index (χ1v) is 4.57. The number of hydrogen-bond acceptors (Lipinski definition) is 1. The molecule has 0 saturated heterocycles. The standard InChI is InChI=1S/C8H7BrClN/c9-8-2-1-6-4-11(10)5-7(6)3-8/h1-3H,4-5H2. The molecule has 0 bridgehead atoms. The Kier molecular flexibility index (Phi) is 1.91. The molecule has 0 spiro atoms. The Morgan fingerprint density at radius 1 is 1.27 bits per heavy atom. The Labute approximate surface area is 79.2 Å². The van der Waals surface area contributed by atoms with Gasteiger partial charge in [0.2, 0.25) is 0 Å². The van der Waals surface area contributed by atoms with E-state index in [0.29, 0.717) is 0 Å². The first-order chi connectivity index (χ1) is 5.25. The van der Waals surface area contributed by atoms with Gasteiger partial charge in [0.25, 0.3) is 0 Å². The topological polar surface area (TPSA) is 3.24 Å². The molecule has 11 heavy (non-hydrogen) atoms. The fourth-order valence-corrected chi connectivity index (χ4v) is 1.99. The van der Waals surface area contributed by atoms with Gasteiger partial charge < -0.3 is 0 Å². The van der Waals surface area contributed by atoms with E-state index >= 15 is 0 Å². The molecule has 1 nitrogen and oxygen atoms in total. The number of rotatable bonds is 0. The Morgan fingerprint density at radius 3 is 2.82 bits per heavy atom. The molecule has 1 aromatic rings. The van der Waals surface area contributed by atoms with Gasteiger partial charge in [0.05, 0.1) is 0 Å². The Morgan fingerprint density at radius 2 is 2.00 bits per heavy atom. The number of halogens is 2. The van der Waals surface area contributed by atoms with Crippen LogP contribution in [0.4, 0.5) is 0 Å². The molecule has 0 saturated carbocycles.